The lowest BCUT2D eigenvalue weighted by atomic mass is 10.1. The van der Waals surface area contributed by atoms with Gasteiger partial charge < -0.3 is 14.7 Å². The number of piperazine rings is 2. The number of carbonyl (C=O) groups is 1. The summed E-state index contributed by atoms with van der Waals surface area (Å²) in [4.78, 5) is 26.2. The van der Waals surface area contributed by atoms with E-state index >= 15 is 0 Å². The molecule has 2 saturated heterocycles. The van der Waals surface area contributed by atoms with E-state index in [4.69, 9.17) is 23.2 Å². The number of halogens is 2. The summed E-state index contributed by atoms with van der Waals surface area (Å²) in [6, 6.07) is 10.4. The summed E-state index contributed by atoms with van der Waals surface area (Å²) in [6.07, 6.45) is 1.60. The zero-order valence-electron chi connectivity index (χ0n) is 18.1. The molecule has 1 amide bonds. The SMILES string of the molecule is CC(C)N1CCN(c2ccc(C(=O)N3CCN(c4ncc(Cl)cc4Cl)CC3)cc2)CC1. The van der Waals surface area contributed by atoms with E-state index in [1.165, 1.54) is 5.69 Å². The number of nitrogens with zero attached hydrogens (tertiary/aromatic N) is 5. The van der Waals surface area contributed by atoms with Gasteiger partial charge in [-0.05, 0) is 44.2 Å². The quantitative estimate of drug-likeness (QED) is 0.690. The zero-order valence-corrected chi connectivity index (χ0v) is 19.6. The summed E-state index contributed by atoms with van der Waals surface area (Å²) in [5.74, 6) is 0.797. The molecule has 0 spiro atoms. The van der Waals surface area contributed by atoms with Gasteiger partial charge in [-0.15, -0.1) is 0 Å². The molecule has 0 atom stereocenters. The maximum atomic E-state index is 13.0. The number of hydrogen-bond donors (Lipinski definition) is 0. The molecule has 0 bridgehead atoms. The van der Waals surface area contributed by atoms with Crippen molar-refractivity contribution in [2.45, 2.75) is 19.9 Å². The summed E-state index contributed by atoms with van der Waals surface area (Å²) < 4.78 is 0. The molecule has 4 rings (SSSR count). The molecule has 2 aromatic rings. The fourth-order valence-corrected chi connectivity index (χ4v) is 4.75. The fraction of sp³-hybridized carbons (Fsp3) is 0.478. The van der Waals surface area contributed by atoms with Crippen molar-refractivity contribution in [2.75, 3.05) is 62.2 Å². The van der Waals surface area contributed by atoms with Crippen molar-refractivity contribution in [3.63, 3.8) is 0 Å². The Morgan fingerprint density at radius 3 is 2.10 bits per heavy atom. The highest BCUT2D eigenvalue weighted by Crippen LogP contribution is 2.27. The molecule has 0 saturated carbocycles. The summed E-state index contributed by atoms with van der Waals surface area (Å²) in [5, 5.41) is 1.06. The lowest BCUT2D eigenvalue weighted by Crippen LogP contribution is -2.49. The van der Waals surface area contributed by atoms with E-state index in [1.807, 2.05) is 17.0 Å². The van der Waals surface area contributed by atoms with Crippen molar-refractivity contribution < 1.29 is 4.79 Å². The maximum Gasteiger partial charge on any atom is 0.253 e. The van der Waals surface area contributed by atoms with Crippen LogP contribution in [0.4, 0.5) is 11.5 Å². The number of pyridine rings is 1. The monoisotopic (exact) mass is 461 g/mol. The van der Waals surface area contributed by atoms with E-state index in [-0.39, 0.29) is 5.91 Å². The number of aromatic nitrogens is 1. The number of anilines is 2. The van der Waals surface area contributed by atoms with Crippen LogP contribution in [0.5, 0.6) is 0 Å². The second kappa shape index (κ2) is 9.63. The topological polar surface area (TPSA) is 42.9 Å². The molecule has 2 fully saturated rings. The maximum absolute atomic E-state index is 13.0. The second-order valence-corrected chi connectivity index (χ2v) is 9.25. The average Bonchev–Trinajstić information content (AvgIpc) is 2.79. The minimum absolute atomic E-state index is 0.0750. The molecule has 3 heterocycles. The summed E-state index contributed by atoms with van der Waals surface area (Å²) in [5.41, 5.74) is 1.92. The molecule has 0 aliphatic carbocycles. The Kier molecular flexibility index (Phi) is 6.89. The minimum Gasteiger partial charge on any atom is -0.369 e. The molecule has 1 aromatic carbocycles. The zero-order chi connectivity index (χ0) is 22.0. The molecular weight excluding hydrogens is 433 g/mol. The van der Waals surface area contributed by atoms with Crippen LogP contribution in [0.2, 0.25) is 10.0 Å². The summed E-state index contributed by atoms with van der Waals surface area (Å²) in [7, 11) is 0. The summed E-state index contributed by atoms with van der Waals surface area (Å²) in [6.45, 7) is 11.4. The van der Waals surface area contributed by atoms with Gasteiger partial charge in [-0.1, -0.05) is 23.2 Å². The average molecular weight is 462 g/mol. The summed E-state index contributed by atoms with van der Waals surface area (Å²) >= 11 is 12.2. The Bertz CT molecular complexity index is 905. The van der Waals surface area contributed by atoms with Gasteiger partial charge in [-0.2, -0.15) is 0 Å². The van der Waals surface area contributed by atoms with Gasteiger partial charge in [0.25, 0.3) is 5.91 Å². The molecule has 1 aromatic heterocycles. The number of rotatable bonds is 4. The van der Waals surface area contributed by atoms with Gasteiger partial charge in [0.2, 0.25) is 0 Å². The first-order valence-corrected chi connectivity index (χ1v) is 11.6. The molecule has 0 N–H and O–H groups in total. The smallest absolute Gasteiger partial charge is 0.253 e. The van der Waals surface area contributed by atoms with Crippen LogP contribution in [0.15, 0.2) is 36.5 Å². The highest BCUT2D eigenvalue weighted by Gasteiger charge is 2.25. The fourth-order valence-electron chi connectivity index (χ4n) is 4.26. The highest BCUT2D eigenvalue weighted by atomic mass is 35.5. The van der Waals surface area contributed by atoms with Crippen LogP contribution in [0.25, 0.3) is 0 Å². The number of carbonyl (C=O) groups excluding carboxylic acids is 1. The highest BCUT2D eigenvalue weighted by molar-refractivity contribution is 6.36. The minimum atomic E-state index is 0.0750. The lowest BCUT2D eigenvalue weighted by molar-refractivity contribution is 0.0746. The Balaban J connectivity index is 1.33. The van der Waals surface area contributed by atoms with Crippen LogP contribution >= 0.6 is 23.2 Å². The molecule has 6 nitrogen and oxygen atoms in total. The first kappa shape index (κ1) is 22.2. The van der Waals surface area contributed by atoms with Crippen molar-refractivity contribution in [3.05, 3.63) is 52.1 Å². The van der Waals surface area contributed by atoms with Crippen molar-refractivity contribution in [1.29, 1.82) is 0 Å². The molecule has 0 unspecified atom stereocenters. The molecule has 2 aliphatic heterocycles. The Labute approximate surface area is 194 Å². The predicted molar refractivity (Wildman–Crippen MR) is 128 cm³/mol. The van der Waals surface area contributed by atoms with E-state index in [0.29, 0.717) is 42.3 Å². The van der Waals surface area contributed by atoms with Gasteiger partial charge in [-0.25, -0.2) is 4.98 Å². The molecule has 0 radical (unpaired) electrons. The Morgan fingerprint density at radius 2 is 1.52 bits per heavy atom. The van der Waals surface area contributed by atoms with Crippen LogP contribution in [-0.4, -0.2) is 79.1 Å². The third-order valence-corrected chi connectivity index (χ3v) is 6.66. The van der Waals surface area contributed by atoms with Crippen LogP contribution in [0.1, 0.15) is 24.2 Å². The molecule has 31 heavy (non-hydrogen) atoms. The molecule has 166 valence electrons. The van der Waals surface area contributed by atoms with Gasteiger partial charge in [-0.3, -0.25) is 9.69 Å². The van der Waals surface area contributed by atoms with Crippen LogP contribution in [0, 0.1) is 0 Å². The predicted octanol–water partition coefficient (Wildman–Crippen LogP) is 3.88. The van der Waals surface area contributed by atoms with Gasteiger partial charge in [0.05, 0.1) is 10.0 Å². The van der Waals surface area contributed by atoms with E-state index in [0.717, 1.165) is 37.6 Å². The second-order valence-electron chi connectivity index (χ2n) is 8.40. The van der Waals surface area contributed by atoms with Crippen LogP contribution < -0.4 is 9.80 Å². The van der Waals surface area contributed by atoms with Gasteiger partial charge in [0.15, 0.2) is 0 Å². The van der Waals surface area contributed by atoms with Crippen molar-refractivity contribution >= 4 is 40.6 Å². The van der Waals surface area contributed by atoms with Crippen LogP contribution in [-0.2, 0) is 0 Å². The molecule has 2 aliphatic rings. The number of amides is 1. The van der Waals surface area contributed by atoms with Gasteiger partial charge in [0, 0.05) is 75.8 Å². The number of benzene rings is 1. The number of hydrogen-bond acceptors (Lipinski definition) is 5. The first-order valence-electron chi connectivity index (χ1n) is 10.9. The standard InChI is InChI=1S/C23H29Cl2N5O/c1-17(2)27-7-9-28(10-8-27)20-5-3-18(4-6-20)23(31)30-13-11-29(12-14-30)22-21(25)15-19(24)16-26-22/h3-6,15-17H,7-14H2,1-2H3. The lowest BCUT2D eigenvalue weighted by Gasteiger charge is -2.38. The third-order valence-electron chi connectivity index (χ3n) is 6.18. The largest absolute Gasteiger partial charge is 0.369 e. The Hall–Kier alpha value is -2.02. The third kappa shape index (κ3) is 5.08. The van der Waals surface area contributed by atoms with Gasteiger partial charge >= 0.3 is 0 Å². The molecule has 8 heteroatoms. The van der Waals surface area contributed by atoms with E-state index in [2.05, 4.69) is 45.7 Å². The van der Waals surface area contributed by atoms with Crippen molar-refractivity contribution in [3.8, 4) is 0 Å². The van der Waals surface area contributed by atoms with Crippen molar-refractivity contribution in [1.82, 2.24) is 14.8 Å². The molecular formula is C23H29Cl2N5O. The first-order chi connectivity index (χ1) is 14.9. The van der Waals surface area contributed by atoms with E-state index in [9.17, 15) is 4.79 Å². The normalized spacial score (nSPS) is 18.0. The van der Waals surface area contributed by atoms with Crippen molar-refractivity contribution in [2.24, 2.45) is 0 Å². The van der Waals surface area contributed by atoms with Gasteiger partial charge in [0.1, 0.15) is 5.82 Å². The van der Waals surface area contributed by atoms with E-state index in [1.54, 1.807) is 12.3 Å². The Morgan fingerprint density at radius 1 is 0.903 bits per heavy atom. The van der Waals surface area contributed by atoms with E-state index < -0.39 is 0 Å². The van der Waals surface area contributed by atoms with Crippen LogP contribution in [0.3, 0.4) is 0 Å².